The maximum Gasteiger partial charge on any atom is 0.122 e. The molecule has 1 heteroatoms. The second kappa shape index (κ2) is 8.18. The van der Waals surface area contributed by atoms with Crippen LogP contribution in [0.25, 0.3) is 0 Å². The predicted molar refractivity (Wildman–Crippen MR) is 79.4 cm³/mol. The third-order valence-electron chi connectivity index (χ3n) is 3.65. The Morgan fingerprint density at radius 1 is 1.22 bits per heavy atom. The summed E-state index contributed by atoms with van der Waals surface area (Å²) in [6.45, 7) is 9.78. The van der Waals surface area contributed by atoms with Crippen LogP contribution >= 0.6 is 0 Å². The minimum atomic E-state index is 0.821. The van der Waals surface area contributed by atoms with E-state index < -0.39 is 0 Å². The van der Waals surface area contributed by atoms with Crippen molar-refractivity contribution in [3.8, 4) is 5.75 Å². The first kappa shape index (κ1) is 15.1. The summed E-state index contributed by atoms with van der Waals surface area (Å²) >= 11 is 0. The quantitative estimate of drug-likeness (QED) is 0.618. The van der Waals surface area contributed by atoms with Crippen LogP contribution in [0.3, 0.4) is 0 Å². The van der Waals surface area contributed by atoms with E-state index >= 15 is 0 Å². The standard InChI is InChI=1S/C17H28O/c1-5-13-18-17-12-8-10-15(4)16(17)11-7-9-14(3)6-2/h8,10,12,14H,5-7,9,11,13H2,1-4H3. The Hall–Kier alpha value is -0.980. The zero-order chi connectivity index (χ0) is 13.4. The van der Waals surface area contributed by atoms with Gasteiger partial charge in [0.15, 0.2) is 0 Å². The van der Waals surface area contributed by atoms with Crippen LogP contribution in [-0.4, -0.2) is 6.61 Å². The van der Waals surface area contributed by atoms with Gasteiger partial charge in [0, 0.05) is 0 Å². The molecule has 0 fully saturated rings. The van der Waals surface area contributed by atoms with E-state index in [-0.39, 0.29) is 0 Å². The molecule has 0 aliphatic heterocycles. The van der Waals surface area contributed by atoms with E-state index in [1.807, 2.05) is 0 Å². The first-order chi connectivity index (χ1) is 8.69. The molecule has 1 nitrogen and oxygen atoms in total. The highest BCUT2D eigenvalue weighted by Crippen LogP contribution is 2.25. The molecule has 1 aromatic carbocycles. The molecule has 0 bridgehead atoms. The zero-order valence-electron chi connectivity index (χ0n) is 12.5. The molecule has 0 amide bonds. The van der Waals surface area contributed by atoms with Crippen molar-refractivity contribution in [3.63, 3.8) is 0 Å². The van der Waals surface area contributed by atoms with Gasteiger partial charge in [-0.2, -0.15) is 0 Å². The summed E-state index contributed by atoms with van der Waals surface area (Å²) in [7, 11) is 0. The summed E-state index contributed by atoms with van der Waals surface area (Å²) in [4.78, 5) is 0. The SMILES string of the molecule is CCCOc1cccc(C)c1CCCC(C)CC. The smallest absolute Gasteiger partial charge is 0.122 e. The van der Waals surface area contributed by atoms with Crippen molar-refractivity contribution in [1.82, 2.24) is 0 Å². The molecule has 1 unspecified atom stereocenters. The Kier molecular flexibility index (Phi) is 6.85. The van der Waals surface area contributed by atoms with Crippen molar-refractivity contribution in [2.24, 2.45) is 5.92 Å². The van der Waals surface area contributed by atoms with Gasteiger partial charge in [-0.1, -0.05) is 45.7 Å². The van der Waals surface area contributed by atoms with Crippen molar-refractivity contribution >= 4 is 0 Å². The maximum absolute atomic E-state index is 5.85. The molecule has 0 heterocycles. The van der Waals surface area contributed by atoms with Gasteiger partial charge in [0.05, 0.1) is 6.61 Å². The van der Waals surface area contributed by atoms with Gasteiger partial charge in [-0.15, -0.1) is 0 Å². The van der Waals surface area contributed by atoms with Gasteiger partial charge < -0.3 is 4.74 Å². The van der Waals surface area contributed by atoms with Crippen LogP contribution in [0.4, 0.5) is 0 Å². The lowest BCUT2D eigenvalue weighted by Gasteiger charge is -2.14. The Morgan fingerprint density at radius 3 is 2.67 bits per heavy atom. The summed E-state index contributed by atoms with van der Waals surface area (Å²) in [5.41, 5.74) is 2.78. The Labute approximate surface area is 113 Å². The largest absolute Gasteiger partial charge is 0.493 e. The second-order valence-corrected chi connectivity index (χ2v) is 5.31. The molecule has 1 aromatic rings. The van der Waals surface area contributed by atoms with Crippen molar-refractivity contribution in [3.05, 3.63) is 29.3 Å². The third-order valence-corrected chi connectivity index (χ3v) is 3.65. The topological polar surface area (TPSA) is 9.23 Å². The van der Waals surface area contributed by atoms with Gasteiger partial charge in [0.1, 0.15) is 5.75 Å². The lowest BCUT2D eigenvalue weighted by molar-refractivity contribution is 0.313. The number of aryl methyl sites for hydroxylation is 1. The van der Waals surface area contributed by atoms with Crippen LogP contribution in [0.1, 0.15) is 57.6 Å². The lowest BCUT2D eigenvalue weighted by Crippen LogP contribution is -2.02. The molecule has 0 saturated heterocycles. The van der Waals surface area contributed by atoms with Crippen LogP contribution in [0.2, 0.25) is 0 Å². The molecule has 1 atom stereocenters. The fourth-order valence-corrected chi connectivity index (χ4v) is 2.17. The number of hydrogen-bond acceptors (Lipinski definition) is 1. The average Bonchev–Trinajstić information content (AvgIpc) is 2.38. The third kappa shape index (κ3) is 4.72. The summed E-state index contributed by atoms with van der Waals surface area (Å²) in [5, 5.41) is 0. The van der Waals surface area contributed by atoms with Crippen molar-refractivity contribution in [2.75, 3.05) is 6.61 Å². The first-order valence-corrected chi connectivity index (χ1v) is 7.40. The molecule has 0 spiro atoms. The molecule has 0 N–H and O–H groups in total. The van der Waals surface area contributed by atoms with Crippen molar-refractivity contribution < 1.29 is 4.74 Å². The average molecular weight is 248 g/mol. The van der Waals surface area contributed by atoms with Gasteiger partial charge in [-0.25, -0.2) is 0 Å². The zero-order valence-corrected chi connectivity index (χ0v) is 12.5. The summed E-state index contributed by atoms with van der Waals surface area (Å²) < 4.78 is 5.85. The van der Waals surface area contributed by atoms with Crippen LogP contribution in [0.15, 0.2) is 18.2 Å². The van der Waals surface area contributed by atoms with E-state index in [4.69, 9.17) is 4.74 Å². The maximum atomic E-state index is 5.85. The molecule has 0 aromatic heterocycles. The highest BCUT2D eigenvalue weighted by Gasteiger charge is 2.07. The normalized spacial score (nSPS) is 12.4. The second-order valence-electron chi connectivity index (χ2n) is 5.31. The monoisotopic (exact) mass is 248 g/mol. The van der Waals surface area contributed by atoms with Crippen LogP contribution < -0.4 is 4.74 Å². The summed E-state index contributed by atoms with van der Waals surface area (Å²) in [5.74, 6) is 1.94. The van der Waals surface area contributed by atoms with Gasteiger partial charge in [0.2, 0.25) is 0 Å². The van der Waals surface area contributed by atoms with E-state index in [1.54, 1.807) is 0 Å². The fraction of sp³-hybridized carbons (Fsp3) is 0.647. The number of benzene rings is 1. The van der Waals surface area contributed by atoms with E-state index in [1.165, 1.54) is 30.4 Å². The molecule has 0 radical (unpaired) electrons. The molecule has 18 heavy (non-hydrogen) atoms. The molecule has 1 rings (SSSR count). The highest BCUT2D eigenvalue weighted by molar-refractivity contribution is 5.39. The number of rotatable bonds is 8. The molecular weight excluding hydrogens is 220 g/mol. The Morgan fingerprint density at radius 2 is 2.00 bits per heavy atom. The minimum Gasteiger partial charge on any atom is -0.493 e. The van der Waals surface area contributed by atoms with Gasteiger partial charge in [-0.3, -0.25) is 0 Å². The Balaban J connectivity index is 2.61. The van der Waals surface area contributed by atoms with Gasteiger partial charge in [0.25, 0.3) is 0 Å². The van der Waals surface area contributed by atoms with Crippen LogP contribution in [-0.2, 0) is 6.42 Å². The number of ether oxygens (including phenoxy) is 1. The van der Waals surface area contributed by atoms with Crippen molar-refractivity contribution in [1.29, 1.82) is 0 Å². The highest BCUT2D eigenvalue weighted by atomic mass is 16.5. The molecule has 102 valence electrons. The summed E-state index contributed by atoms with van der Waals surface area (Å²) in [6, 6.07) is 6.40. The lowest BCUT2D eigenvalue weighted by atomic mass is 9.96. The van der Waals surface area contributed by atoms with E-state index in [0.717, 1.165) is 31.1 Å². The molecule has 0 aliphatic rings. The predicted octanol–water partition coefficient (Wildman–Crippen LogP) is 5.15. The van der Waals surface area contributed by atoms with Gasteiger partial charge in [-0.05, 0) is 49.3 Å². The molecular formula is C17H28O. The molecule has 0 saturated carbocycles. The Bertz CT molecular complexity index is 343. The van der Waals surface area contributed by atoms with E-state index in [0.29, 0.717) is 0 Å². The van der Waals surface area contributed by atoms with Crippen LogP contribution in [0.5, 0.6) is 5.75 Å². The fourth-order valence-electron chi connectivity index (χ4n) is 2.17. The van der Waals surface area contributed by atoms with Crippen LogP contribution in [0, 0.1) is 12.8 Å². The number of hydrogen-bond donors (Lipinski definition) is 0. The van der Waals surface area contributed by atoms with Crippen molar-refractivity contribution in [2.45, 2.75) is 59.8 Å². The molecule has 0 aliphatic carbocycles. The van der Waals surface area contributed by atoms with Gasteiger partial charge >= 0.3 is 0 Å². The van der Waals surface area contributed by atoms with E-state index in [2.05, 4.69) is 45.9 Å². The van der Waals surface area contributed by atoms with E-state index in [9.17, 15) is 0 Å². The summed E-state index contributed by atoms with van der Waals surface area (Å²) in [6.07, 6.45) is 6.09. The minimum absolute atomic E-state index is 0.821. The first-order valence-electron chi connectivity index (χ1n) is 7.40.